The molecule has 1 aromatic rings. The summed E-state index contributed by atoms with van der Waals surface area (Å²) in [7, 11) is 2.82. The molecule has 0 heterocycles. The number of nitrogens with one attached hydrogen (secondary N) is 1. The SMILES string of the molecule is COC(=O)c1cc(CNC(=O)C2CCCCC2(C)N)ccc1OC.Cl. The molecule has 140 valence electrons. The summed E-state index contributed by atoms with van der Waals surface area (Å²) in [6.45, 7) is 2.28. The Hall–Kier alpha value is -1.79. The normalized spacial score (nSPS) is 22.5. The Morgan fingerprint density at radius 2 is 2.04 bits per heavy atom. The fraction of sp³-hybridized carbons (Fsp3) is 0.556. The van der Waals surface area contributed by atoms with Gasteiger partial charge in [-0.25, -0.2) is 4.79 Å². The predicted octanol–water partition coefficient (Wildman–Crippen LogP) is 2.43. The minimum atomic E-state index is -0.471. The van der Waals surface area contributed by atoms with E-state index in [2.05, 4.69) is 5.32 Å². The van der Waals surface area contributed by atoms with Crippen molar-refractivity contribution in [1.29, 1.82) is 0 Å². The Bertz CT molecular complexity index is 619. The maximum absolute atomic E-state index is 12.5. The number of halogens is 1. The molecule has 0 aliphatic heterocycles. The van der Waals surface area contributed by atoms with Crippen molar-refractivity contribution in [3.8, 4) is 5.75 Å². The molecule has 0 bridgehead atoms. The summed E-state index contributed by atoms with van der Waals surface area (Å²) >= 11 is 0. The molecule has 6 nitrogen and oxygen atoms in total. The molecule has 2 rings (SSSR count). The first-order valence-electron chi connectivity index (χ1n) is 8.21. The van der Waals surface area contributed by atoms with Crippen LogP contribution in [0.3, 0.4) is 0 Å². The van der Waals surface area contributed by atoms with Crippen LogP contribution in [-0.2, 0) is 16.1 Å². The fourth-order valence-corrected chi connectivity index (χ4v) is 3.24. The van der Waals surface area contributed by atoms with Crippen LogP contribution < -0.4 is 15.8 Å². The smallest absolute Gasteiger partial charge is 0.341 e. The number of amides is 1. The third kappa shape index (κ3) is 5.09. The van der Waals surface area contributed by atoms with Crippen molar-refractivity contribution >= 4 is 24.3 Å². The van der Waals surface area contributed by atoms with Gasteiger partial charge in [0.1, 0.15) is 11.3 Å². The van der Waals surface area contributed by atoms with Gasteiger partial charge in [-0.15, -0.1) is 12.4 Å². The van der Waals surface area contributed by atoms with E-state index in [9.17, 15) is 9.59 Å². The van der Waals surface area contributed by atoms with Gasteiger partial charge >= 0.3 is 5.97 Å². The van der Waals surface area contributed by atoms with Gasteiger partial charge < -0.3 is 20.5 Å². The second-order valence-corrected chi connectivity index (χ2v) is 6.55. The summed E-state index contributed by atoms with van der Waals surface area (Å²) in [5, 5.41) is 2.93. The first-order chi connectivity index (χ1) is 11.4. The van der Waals surface area contributed by atoms with Crippen molar-refractivity contribution in [2.75, 3.05) is 14.2 Å². The summed E-state index contributed by atoms with van der Waals surface area (Å²) in [6, 6.07) is 5.18. The average molecular weight is 371 g/mol. The molecule has 1 aliphatic carbocycles. The highest BCUT2D eigenvalue weighted by Crippen LogP contribution is 2.31. The minimum Gasteiger partial charge on any atom is -0.496 e. The lowest BCUT2D eigenvalue weighted by Gasteiger charge is -2.37. The minimum absolute atomic E-state index is 0. The Morgan fingerprint density at radius 1 is 1.32 bits per heavy atom. The van der Waals surface area contributed by atoms with Crippen LogP contribution in [0.4, 0.5) is 0 Å². The van der Waals surface area contributed by atoms with Crippen molar-refractivity contribution in [1.82, 2.24) is 5.32 Å². The van der Waals surface area contributed by atoms with Crippen LogP contribution in [0.1, 0.15) is 48.5 Å². The van der Waals surface area contributed by atoms with E-state index in [4.69, 9.17) is 15.2 Å². The number of nitrogens with two attached hydrogens (primary N) is 1. The summed E-state index contributed by atoms with van der Waals surface area (Å²) < 4.78 is 9.93. The average Bonchev–Trinajstić information content (AvgIpc) is 2.58. The van der Waals surface area contributed by atoms with Crippen LogP contribution in [0.25, 0.3) is 0 Å². The standard InChI is InChI=1S/C18H26N2O4.ClH/c1-18(19)9-5-4-6-14(18)16(21)20-11-12-7-8-15(23-2)13(10-12)17(22)24-3;/h7-8,10,14H,4-6,9,11,19H2,1-3H3,(H,20,21);1H. The fourth-order valence-electron chi connectivity index (χ4n) is 3.24. The van der Waals surface area contributed by atoms with E-state index in [0.29, 0.717) is 17.9 Å². The van der Waals surface area contributed by atoms with Crippen LogP contribution in [-0.4, -0.2) is 31.6 Å². The topological polar surface area (TPSA) is 90.7 Å². The number of benzene rings is 1. The molecule has 2 atom stereocenters. The number of rotatable bonds is 5. The lowest BCUT2D eigenvalue weighted by atomic mass is 9.74. The monoisotopic (exact) mass is 370 g/mol. The van der Waals surface area contributed by atoms with Crippen molar-refractivity contribution < 1.29 is 19.1 Å². The summed E-state index contributed by atoms with van der Waals surface area (Å²) in [4.78, 5) is 24.3. The zero-order valence-electron chi connectivity index (χ0n) is 15.0. The van der Waals surface area contributed by atoms with E-state index in [0.717, 1.165) is 31.2 Å². The van der Waals surface area contributed by atoms with Crippen LogP contribution in [0, 0.1) is 5.92 Å². The van der Waals surface area contributed by atoms with Crippen molar-refractivity contribution in [3.05, 3.63) is 29.3 Å². The van der Waals surface area contributed by atoms with E-state index in [1.165, 1.54) is 14.2 Å². The van der Waals surface area contributed by atoms with E-state index < -0.39 is 11.5 Å². The van der Waals surface area contributed by atoms with Crippen LogP contribution in [0.5, 0.6) is 5.75 Å². The molecule has 1 aliphatic rings. The third-order valence-corrected chi connectivity index (χ3v) is 4.71. The molecule has 7 heteroatoms. The van der Waals surface area contributed by atoms with Gasteiger partial charge in [-0.2, -0.15) is 0 Å². The molecule has 1 amide bonds. The van der Waals surface area contributed by atoms with Crippen LogP contribution in [0.2, 0.25) is 0 Å². The van der Waals surface area contributed by atoms with Crippen LogP contribution in [0.15, 0.2) is 18.2 Å². The molecule has 0 spiro atoms. The maximum Gasteiger partial charge on any atom is 0.341 e. The summed E-state index contributed by atoms with van der Waals surface area (Å²) in [5.41, 5.74) is 6.96. The van der Waals surface area contributed by atoms with E-state index in [1.54, 1.807) is 12.1 Å². The largest absolute Gasteiger partial charge is 0.496 e. The molecule has 0 radical (unpaired) electrons. The van der Waals surface area contributed by atoms with Gasteiger partial charge in [0.05, 0.1) is 20.1 Å². The second kappa shape index (κ2) is 9.06. The third-order valence-electron chi connectivity index (χ3n) is 4.71. The number of ether oxygens (including phenoxy) is 2. The highest BCUT2D eigenvalue weighted by molar-refractivity contribution is 5.92. The molecular weight excluding hydrogens is 344 g/mol. The van der Waals surface area contributed by atoms with Crippen molar-refractivity contribution in [3.63, 3.8) is 0 Å². The van der Waals surface area contributed by atoms with Gasteiger partial charge in [0.15, 0.2) is 0 Å². The molecule has 1 saturated carbocycles. The molecule has 2 unspecified atom stereocenters. The molecule has 0 saturated heterocycles. The van der Waals surface area contributed by atoms with Gasteiger partial charge in [0.2, 0.25) is 5.91 Å². The van der Waals surface area contributed by atoms with E-state index in [-0.39, 0.29) is 24.2 Å². The van der Waals surface area contributed by atoms with E-state index in [1.807, 2.05) is 13.0 Å². The zero-order valence-corrected chi connectivity index (χ0v) is 15.8. The lowest BCUT2D eigenvalue weighted by molar-refractivity contribution is -0.128. The number of hydrogen-bond donors (Lipinski definition) is 2. The summed E-state index contributed by atoms with van der Waals surface area (Å²) in [5.74, 6) is -0.236. The Kier molecular flexibility index (Phi) is 7.70. The number of hydrogen-bond acceptors (Lipinski definition) is 5. The lowest BCUT2D eigenvalue weighted by Crippen LogP contribution is -2.52. The summed E-state index contributed by atoms with van der Waals surface area (Å²) in [6.07, 6.45) is 3.77. The van der Waals surface area contributed by atoms with Crippen molar-refractivity contribution in [2.24, 2.45) is 11.7 Å². The predicted molar refractivity (Wildman–Crippen MR) is 98.0 cm³/mol. The van der Waals surface area contributed by atoms with Crippen molar-refractivity contribution in [2.45, 2.75) is 44.7 Å². The molecule has 1 fully saturated rings. The second-order valence-electron chi connectivity index (χ2n) is 6.55. The molecule has 0 aromatic heterocycles. The van der Waals surface area contributed by atoms with Gasteiger partial charge in [0, 0.05) is 12.1 Å². The number of methoxy groups -OCH3 is 2. The Balaban J connectivity index is 0.00000312. The molecule has 1 aromatic carbocycles. The van der Waals surface area contributed by atoms with Crippen LogP contribution >= 0.6 is 12.4 Å². The van der Waals surface area contributed by atoms with Gasteiger partial charge in [-0.3, -0.25) is 4.79 Å². The first-order valence-corrected chi connectivity index (χ1v) is 8.21. The highest BCUT2D eigenvalue weighted by Gasteiger charge is 2.37. The van der Waals surface area contributed by atoms with Gasteiger partial charge in [0.25, 0.3) is 0 Å². The number of esters is 1. The molecular formula is C18H27ClN2O4. The first kappa shape index (κ1) is 21.3. The number of carbonyl (C=O) groups is 2. The molecule has 25 heavy (non-hydrogen) atoms. The van der Waals surface area contributed by atoms with Gasteiger partial charge in [-0.05, 0) is 37.5 Å². The quantitative estimate of drug-likeness (QED) is 0.777. The Labute approximate surface area is 154 Å². The zero-order chi connectivity index (χ0) is 17.7. The van der Waals surface area contributed by atoms with E-state index >= 15 is 0 Å². The number of carbonyl (C=O) groups excluding carboxylic acids is 2. The maximum atomic E-state index is 12.5. The Morgan fingerprint density at radius 3 is 2.64 bits per heavy atom. The highest BCUT2D eigenvalue weighted by atomic mass is 35.5. The van der Waals surface area contributed by atoms with Gasteiger partial charge in [-0.1, -0.05) is 18.9 Å². The molecule has 3 N–H and O–H groups in total.